The zero-order valence-corrected chi connectivity index (χ0v) is 11.1. The molecule has 0 radical (unpaired) electrons. The molecule has 4 heteroatoms. The molecule has 0 heterocycles. The topological polar surface area (TPSA) is 27.7 Å². The van der Waals surface area contributed by atoms with E-state index in [1.165, 1.54) is 12.1 Å². The third kappa shape index (κ3) is 2.47. The summed E-state index contributed by atoms with van der Waals surface area (Å²) in [5, 5.41) is 0. The van der Waals surface area contributed by atoms with Gasteiger partial charge < -0.3 is 14.2 Å². The van der Waals surface area contributed by atoms with Crippen molar-refractivity contribution >= 4 is 0 Å². The van der Waals surface area contributed by atoms with Crippen molar-refractivity contribution < 1.29 is 18.6 Å². The maximum Gasteiger partial charge on any atom is 0.203 e. The molecule has 100 valence electrons. The molecule has 0 unspecified atom stereocenters. The zero-order valence-electron chi connectivity index (χ0n) is 11.1. The molecule has 2 aromatic carbocycles. The number of hydrogen-bond donors (Lipinski definition) is 0. The Hall–Kier alpha value is -2.23. The molecule has 0 aliphatic rings. The van der Waals surface area contributed by atoms with Crippen molar-refractivity contribution in [3.63, 3.8) is 0 Å². The van der Waals surface area contributed by atoms with Crippen LogP contribution in [-0.4, -0.2) is 21.3 Å². The van der Waals surface area contributed by atoms with Crippen LogP contribution in [-0.2, 0) is 0 Å². The van der Waals surface area contributed by atoms with E-state index >= 15 is 0 Å². The van der Waals surface area contributed by atoms with E-state index in [1.807, 2.05) is 6.07 Å². The van der Waals surface area contributed by atoms with Gasteiger partial charge in [0.2, 0.25) is 5.75 Å². The summed E-state index contributed by atoms with van der Waals surface area (Å²) in [5.74, 6) is 1.40. The molecule has 0 fully saturated rings. The van der Waals surface area contributed by atoms with Crippen molar-refractivity contribution in [2.45, 2.75) is 0 Å². The third-order valence-corrected chi connectivity index (χ3v) is 2.86. The highest BCUT2D eigenvalue weighted by Crippen LogP contribution is 2.44. The molecule has 2 aromatic rings. The molecular weight excluding hydrogens is 247 g/mol. The van der Waals surface area contributed by atoms with Crippen LogP contribution in [0.15, 0.2) is 36.4 Å². The molecule has 0 saturated carbocycles. The summed E-state index contributed by atoms with van der Waals surface area (Å²) in [7, 11) is 4.67. The quantitative estimate of drug-likeness (QED) is 0.843. The molecule has 0 saturated heterocycles. The first-order valence-electron chi connectivity index (χ1n) is 5.76. The van der Waals surface area contributed by atoms with Crippen molar-refractivity contribution in [3.05, 3.63) is 42.2 Å². The second-order valence-electron chi connectivity index (χ2n) is 3.89. The first-order valence-corrected chi connectivity index (χ1v) is 5.76. The standard InChI is InChI=1S/C15H15FO3/c1-17-13-9-8-12(14(18-2)15(13)19-3)10-4-6-11(16)7-5-10/h4-9H,1-3H3. The molecule has 19 heavy (non-hydrogen) atoms. The molecule has 2 rings (SSSR count). The minimum Gasteiger partial charge on any atom is -0.493 e. The van der Waals surface area contributed by atoms with Gasteiger partial charge in [0.05, 0.1) is 21.3 Å². The predicted octanol–water partition coefficient (Wildman–Crippen LogP) is 3.52. The summed E-state index contributed by atoms with van der Waals surface area (Å²) in [4.78, 5) is 0. The summed E-state index contributed by atoms with van der Waals surface area (Å²) < 4.78 is 28.9. The van der Waals surface area contributed by atoms with Gasteiger partial charge >= 0.3 is 0 Å². The van der Waals surface area contributed by atoms with Crippen LogP contribution in [0, 0.1) is 5.82 Å². The molecule has 0 bridgehead atoms. The fourth-order valence-corrected chi connectivity index (χ4v) is 1.96. The van der Waals surface area contributed by atoms with Crippen LogP contribution in [0.2, 0.25) is 0 Å². The van der Waals surface area contributed by atoms with Crippen molar-refractivity contribution in [3.8, 4) is 28.4 Å². The summed E-state index contributed by atoms with van der Waals surface area (Å²) in [5.41, 5.74) is 1.67. The number of ether oxygens (including phenoxy) is 3. The summed E-state index contributed by atoms with van der Waals surface area (Å²) in [6.07, 6.45) is 0. The number of benzene rings is 2. The average molecular weight is 262 g/mol. The van der Waals surface area contributed by atoms with Gasteiger partial charge in [0, 0.05) is 5.56 Å². The second-order valence-corrected chi connectivity index (χ2v) is 3.89. The molecule has 0 amide bonds. The van der Waals surface area contributed by atoms with E-state index in [2.05, 4.69) is 0 Å². The van der Waals surface area contributed by atoms with Gasteiger partial charge in [-0.1, -0.05) is 12.1 Å². The molecule has 0 N–H and O–H groups in total. The largest absolute Gasteiger partial charge is 0.493 e. The number of hydrogen-bond acceptors (Lipinski definition) is 3. The zero-order chi connectivity index (χ0) is 13.8. The average Bonchev–Trinajstić information content (AvgIpc) is 2.46. The fourth-order valence-electron chi connectivity index (χ4n) is 1.96. The van der Waals surface area contributed by atoms with Crippen molar-refractivity contribution in [1.82, 2.24) is 0 Å². The van der Waals surface area contributed by atoms with Crippen LogP contribution < -0.4 is 14.2 Å². The van der Waals surface area contributed by atoms with Crippen molar-refractivity contribution in [2.75, 3.05) is 21.3 Å². The lowest BCUT2D eigenvalue weighted by Crippen LogP contribution is -1.96. The van der Waals surface area contributed by atoms with Crippen LogP contribution in [0.3, 0.4) is 0 Å². The Morgan fingerprint density at radius 3 is 1.89 bits per heavy atom. The monoisotopic (exact) mass is 262 g/mol. The van der Waals surface area contributed by atoms with Gasteiger partial charge in [-0.2, -0.15) is 0 Å². The maximum absolute atomic E-state index is 13.0. The van der Waals surface area contributed by atoms with E-state index in [1.54, 1.807) is 39.5 Å². The van der Waals surface area contributed by atoms with Crippen molar-refractivity contribution in [1.29, 1.82) is 0 Å². The smallest absolute Gasteiger partial charge is 0.203 e. The Kier molecular flexibility index (Phi) is 3.90. The van der Waals surface area contributed by atoms with E-state index in [0.29, 0.717) is 17.2 Å². The van der Waals surface area contributed by atoms with Crippen molar-refractivity contribution in [2.24, 2.45) is 0 Å². The minimum absolute atomic E-state index is 0.275. The Balaban J connectivity index is 2.60. The normalized spacial score (nSPS) is 10.1. The van der Waals surface area contributed by atoms with Gasteiger partial charge in [0.25, 0.3) is 0 Å². The first-order chi connectivity index (χ1) is 9.21. The second kappa shape index (κ2) is 5.61. The highest BCUT2D eigenvalue weighted by molar-refractivity contribution is 5.76. The molecule has 0 aliphatic carbocycles. The molecule has 0 spiro atoms. The number of halogens is 1. The lowest BCUT2D eigenvalue weighted by atomic mass is 10.0. The van der Waals surface area contributed by atoms with Crippen LogP contribution in [0.5, 0.6) is 17.2 Å². The number of methoxy groups -OCH3 is 3. The molecule has 3 nitrogen and oxygen atoms in total. The minimum atomic E-state index is -0.275. The van der Waals surface area contributed by atoms with E-state index in [-0.39, 0.29) is 5.82 Å². The molecule has 0 atom stereocenters. The van der Waals surface area contributed by atoms with Gasteiger partial charge in [-0.05, 0) is 29.8 Å². The van der Waals surface area contributed by atoms with Gasteiger partial charge in [-0.3, -0.25) is 0 Å². The fraction of sp³-hybridized carbons (Fsp3) is 0.200. The Morgan fingerprint density at radius 2 is 1.37 bits per heavy atom. The van der Waals surface area contributed by atoms with Gasteiger partial charge in [0.15, 0.2) is 11.5 Å². The van der Waals surface area contributed by atoms with E-state index < -0.39 is 0 Å². The highest BCUT2D eigenvalue weighted by Gasteiger charge is 2.16. The third-order valence-electron chi connectivity index (χ3n) is 2.86. The Labute approximate surface area is 111 Å². The van der Waals surface area contributed by atoms with Crippen LogP contribution in [0.1, 0.15) is 0 Å². The van der Waals surface area contributed by atoms with Gasteiger partial charge in [0.1, 0.15) is 5.82 Å². The van der Waals surface area contributed by atoms with E-state index in [4.69, 9.17) is 14.2 Å². The van der Waals surface area contributed by atoms with Gasteiger partial charge in [-0.15, -0.1) is 0 Å². The van der Waals surface area contributed by atoms with E-state index in [0.717, 1.165) is 11.1 Å². The Bertz CT molecular complexity index is 564. The predicted molar refractivity (Wildman–Crippen MR) is 71.5 cm³/mol. The molecule has 0 aliphatic heterocycles. The maximum atomic E-state index is 13.0. The first kappa shape index (κ1) is 13.2. The van der Waals surface area contributed by atoms with Crippen LogP contribution in [0.4, 0.5) is 4.39 Å². The number of rotatable bonds is 4. The SMILES string of the molecule is COc1ccc(-c2ccc(F)cc2)c(OC)c1OC. The molecular formula is C15H15FO3. The van der Waals surface area contributed by atoms with Crippen LogP contribution in [0.25, 0.3) is 11.1 Å². The molecule has 0 aromatic heterocycles. The lowest BCUT2D eigenvalue weighted by Gasteiger charge is -2.15. The summed E-state index contributed by atoms with van der Waals surface area (Å²) >= 11 is 0. The Morgan fingerprint density at radius 1 is 0.737 bits per heavy atom. The van der Waals surface area contributed by atoms with Crippen LogP contribution >= 0.6 is 0 Å². The highest BCUT2D eigenvalue weighted by atomic mass is 19.1. The van der Waals surface area contributed by atoms with Gasteiger partial charge in [-0.25, -0.2) is 4.39 Å². The summed E-state index contributed by atoms with van der Waals surface area (Å²) in [6, 6.07) is 9.85. The van der Waals surface area contributed by atoms with E-state index in [9.17, 15) is 4.39 Å². The lowest BCUT2D eigenvalue weighted by molar-refractivity contribution is 0.325. The summed E-state index contributed by atoms with van der Waals surface area (Å²) in [6.45, 7) is 0.